The number of ether oxygens (including phenoxy) is 1. The van der Waals surface area contributed by atoms with Crippen molar-refractivity contribution in [2.45, 2.75) is 20.3 Å². The normalized spacial score (nSPS) is 14.9. The van der Waals surface area contributed by atoms with E-state index in [4.69, 9.17) is 16.3 Å². The van der Waals surface area contributed by atoms with Crippen LogP contribution in [0.15, 0.2) is 64.6 Å². The number of nitrogens with one attached hydrogen (secondary N) is 1. The molecule has 0 unspecified atom stereocenters. The minimum absolute atomic E-state index is 0.234. The summed E-state index contributed by atoms with van der Waals surface area (Å²) in [6.07, 6.45) is 1.66. The van der Waals surface area contributed by atoms with E-state index in [2.05, 4.69) is 21.2 Å². The molecule has 0 aromatic heterocycles. The van der Waals surface area contributed by atoms with Gasteiger partial charge in [0.25, 0.3) is 11.8 Å². The number of halogens is 3. The predicted octanol–water partition coefficient (Wildman–Crippen LogP) is 6.21. The van der Waals surface area contributed by atoms with Crippen molar-refractivity contribution in [2.75, 3.05) is 11.5 Å². The molecule has 0 bridgehead atoms. The smallest absolute Gasteiger partial charge is 0.335 e. The van der Waals surface area contributed by atoms with Crippen molar-refractivity contribution in [1.29, 1.82) is 0 Å². The molecule has 36 heavy (non-hydrogen) atoms. The van der Waals surface area contributed by atoms with Gasteiger partial charge in [0.1, 0.15) is 17.1 Å². The van der Waals surface area contributed by atoms with Gasteiger partial charge < -0.3 is 4.74 Å². The Kier molecular flexibility index (Phi) is 7.56. The van der Waals surface area contributed by atoms with Gasteiger partial charge in [0.05, 0.1) is 12.3 Å². The highest BCUT2D eigenvalue weighted by molar-refractivity contribution is 9.10. The molecule has 3 aromatic carbocycles. The Balaban J connectivity index is 1.73. The number of rotatable bonds is 6. The lowest BCUT2D eigenvalue weighted by atomic mass is 10.00. The zero-order chi connectivity index (χ0) is 26.0. The first kappa shape index (κ1) is 25.6. The molecule has 1 aliphatic heterocycles. The summed E-state index contributed by atoms with van der Waals surface area (Å²) in [6, 6.07) is 13.7. The van der Waals surface area contributed by atoms with Crippen molar-refractivity contribution < 1.29 is 23.5 Å². The third kappa shape index (κ3) is 5.20. The summed E-state index contributed by atoms with van der Waals surface area (Å²) in [5, 5.41) is 2.58. The minimum atomic E-state index is -0.863. The summed E-state index contributed by atoms with van der Waals surface area (Å²) in [7, 11) is 0. The molecule has 1 fully saturated rings. The molecule has 0 spiro atoms. The van der Waals surface area contributed by atoms with Gasteiger partial charge in [-0.3, -0.25) is 14.9 Å². The standard InChI is InChI=1S/C27H21BrClFN2O4/c1-3-36-24-12-16(11-21(28)19(24)13-17-6-4-5-7-23(17)30)10-20-25(33)31-27(35)32(26(20)34)18-9-8-15(2)22(29)14-18/h4-12,14H,3,13H2,1-2H3,(H,31,33,35)/b20-10+. The molecule has 184 valence electrons. The van der Waals surface area contributed by atoms with E-state index in [-0.39, 0.29) is 23.5 Å². The Hall–Kier alpha value is -3.49. The van der Waals surface area contributed by atoms with Gasteiger partial charge >= 0.3 is 6.03 Å². The molecule has 0 atom stereocenters. The Morgan fingerprint density at radius 2 is 1.86 bits per heavy atom. The van der Waals surface area contributed by atoms with Gasteiger partial charge in [0.15, 0.2) is 0 Å². The molecule has 1 saturated heterocycles. The molecule has 1 aliphatic rings. The van der Waals surface area contributed by atoms with Crippen LogP contribution in [0.2, 0.25) is 5.02 Å². The molecule has 4 amide bonds. The first-order valence-corrected chi connectivity index (χ1v) is 12.2. The van der Waals surface area contributed by atoms with Crippen LogP contribution in [-0.2, 0) is 16.0 Å². The highest BCUT2D eigenvalue weighted by Gasteiger charge is 2.37. The molecule has 3 aromatic rings. The molecule has 0 radical (unpaired) electrons. The average Bonchev–Trinajstić information content (AvgIpc) is 2.82. The van der Waals surface area contributed by atoms with Crippen LogP contribution in [0.3, 0.4) is 0 Å². The van der Waals surface area contributed by atoms with Crippen LogP contribution in [0.1, 0.15) is 29.2 Å². The molecule has 1 N–H and O–H groups in total. The van der Waals surface area contributed by atoms with Crippen molar-refractivity contribution in [2.24, 2.45) is 0 Å². The largest absolute Gasteiger partial charge is 0.494 e. The lowest BCUT2D eigenvalue weighted by Crippen LogP contribution is -2.54. The summed E-state index contributed by atoms with van der Waals surface area (Å²) < 4.78 is 20.7. The van der Waals surface area contributed by atoms with Gasteiger partial charge in [0, 0.05) is 21.5 Å². The number of carbonyl (C=O) groups excluding carboxylic acids is 3. The van der Waals surface area contributed by atoms with Gasteiger partial charge in [0.2, 0.25) is 0 Å². The number of urea groups is 1. The van der Waals surface area contributed by atoms with Gasteiger partial charge in [-0.05, 0) is 66.9 Å². The van der Waals surface area contributed by atoms with Crippen molar-refractivity contribution in [1.82, 2.24) is 5.32 Å². The number of carbonyl (C=O) groups is 3. The fraction of sp³-hybridized carbons (Fsp3) is 0.148. The van der Waals surface area contributed by atoms with E-state index < -0.39 is 17.8 Å². The number of barbiturate groups is 1. The van der Waals surface area contributed by atoms with E-state index in [0.717, 1.165) is 16.0 Å². The topological polar surface area (TPSA) is 75.7 Å². The van der Waals surface area contributed by atoms with Crippen molar-refractivity contribution in [3.63, 3.8) is 0 Å². The number of aryl methyl sites for hydroxylation is 1. The van der Waals surface area contributed by atoms with Gasteiger partial charge in [-0.1, -0.05) is 51.8 Å². The Labute approximate surface area is 220 Å². The first-order valence-electron chi connectivity index (χ1n) is 11.1. The quantitative estimate of drug-likeness (QED) is 0.282. The predicted molar refractivity (Wildman–Crippen MR) is 140 cm³/mol. The van der Waals surface area contributed by atoms with Crippen molar-refractivity contribution in [3.8, 4) is 5.75 Å². The number of benzene rings is 3. The van der Waals surface area contributed by atoms with Crippen LogP contribution in [0.4, 0.5) is 14.9 Å². The fourth-order valence-corrected chi connectivity index (χ4v) is 4.56. The van der Waals surface area contributed by atoms with Crippen LogP contribution < -0.4 is 15.0 Å². The number of hydrogen-bond acceptors (Lipinski definition) is 4. The second-order valence-electron chi connectivity index (χ2n) is 8.07. The van der Waals surface area contributed by atoms with E-state index in [1.807, 2.05) is 6.92 Å². The number of anilines is 1. The van der Waals surface area contributed by atoms with Gasteiger partial charge in [-0.25, -0.2) is 14.1 Å². The van der Waals surface area contributed by atoms with Crippen molar-refractivity contribution >= 4 is 57.1 Å². The zero-order valence-corrected chi connectivity index (χ0v) is 21.7. The maximum atomic E-state index is 14.3. The van der Waals surface area contributed by atoms with Gasteiger partial charge in [-0.15, -0.1) is 0 Å². The van der Waals surface area contributed by atoms with Gasteiger partial charge in [-0.2, -0.15) is 0 Å². The molecule has 4 rings (SSSR count). The molecule has 0 saturated carbocycles. The lowest BCUT2D eigenvalue weighted by Gasteiger charge is -2.26. The second-order valence-corrected chi connectivity index (χ2v) is 9.33. The Morgan fingerprint density at radius 1 is 1.11 bits per heavy atom. The van der Waals surface area contributed by atoms with E-state index in [9.17, 15) is 18.8 Å². The molecule has 6 nitrogen and oxygen atoms in total. The zero-order valence-electron chi connectivity index (χ0n) is 19.4. The number of amides is 4. The third-order valence-corrected chi connectivity index (χ3v) is 6.74. The SMILES string of the molecule is CCOc1cc(/C=C2\C(=O)NC(=O)N(c3ccc(C)c(Cl)c3)C2=O)cc(Br)c1Cc1ccccc1F. The summed E-state index contributed by atoms with van der Waals surface area (Å²) in [4.78, 5) is 39.2. The maximum Gasteiger partial charge on any atom is 0.335 e. The van der Waals surface area contributed by atoms with E-state index in [1.54, 1.807) is 49.4 Å². The van der Waals surface area contributed by atoms with Crippen LogP contribution in [0.25, 0.3) is 6.08 Å². The van der Waals surface area contributed by atoms with Crippen LogP contribution in [-0.4, -0.2) is 24.5 Å². The highest BCUT2D eigenvalue weighted by Crippen LogP contribution is 2.33. The average molecular weight is 572 g/mol. The summed E-state index contributed by atoms with van der Waals surface area (Å²) in [5.74, 6) is -1.45. The summed E-state index contributed by atoms with van der Waals surface area (Å²) in [6.45, 7) is 3.97. The van der Waals surface area contributed by atoms with Crippen LogP contribution in [0.5, 0.6) is 5.75 Å². The van der Waals surface area contributed by atoms with Crippen LogP contribution >= 0.6 is 27.5 Å². The Bertz CT molecular complexity index is 1420. The van der Waals surface area contributed by atoms with E-state index in [1.165, 1.54) is 18.2 Å². The molecule has 9 heteroatoms. The minimum Gasteiger partial charge on any atom is -0.494 e. The Morgan fingerprint density at radius 3 is 2.56 bits per heavy atom. The van der Waals surface area contributed by atoms with E-state index >= 15 is 0 Å². The summed E-state index contributed by atoms with van der Waals surface area (Å²) in [5.41, 5.74) is 2.48. The number of imide groups is 2. The number of nitrogens with zero attached hydrogens (tertiary/aromatic N) is 1. The summed E-state index contributed by atoms with van der Waals surface area (Å²) >= 11 is 9.70. The maximum absolute atomic E-state index is 14.3. The monoisotopic (exact) mass is 570 g/mol. The molecule has 0 aliphatic carbocycles. The van der Waals surface area contributed by atoms with Crippen LogP contribution in [0, 0.1) is 12.7 Å². The van der Waals surface area contributed by atoms with Crippen molar-refractivity contribution in [3.05, 3.63) is 97.7 Å². The third-order valence-electron chi connectivity index (χ3n) is 5.63. The molecular formula is C27H21BrClFN2O4. The lowest BCUT2D eigenvalue weighted by molar-refractivity contribution is -0.122. The second kappa shape index (κ2) is 10.6. The highest BCUT2D eigenvalue weighted by atomic mass is 79.9. The first-order chi connectivity index (χ1) is 17.2. The fourth-order valence-electron chi connectivity index (χ4n) is 3.78. The molecular weight excluding hydrogens is 551 g/mol. The van der Waals surface area contributed by atoms with E-state index in [0.29, 0.717) is 33.0 Å². The number of hydrogen-bond donors (Lipinski definition) is 1. The molecule has 1 heterocycles.